The number of nitrogens with zero attached hydrogens (tertiary/aromatic N) is 2. The molecule has 0 radical (unpaired) electrons. The summed E-state index contributed by atoms with van der Waals surface area (Å²) < 4.78 is 6.45. The third-order valence-corrected chi connectivity index (χ3v) is 2.88. The summed E-state index contributed by atoms with van der Waals surface area (Å²) >= 11 is 3.35. The highest BCUT2D eigenvalue weighted by Crippen LogP contribution is 2.20. The summed E-state index contributed by atoms with van der Waals surface area (Å²) in [5.41, 5.74) is 0.840. The Hall–Kier alpha value is -1.73. The van der Waals surface area contributed by atoms with Gasteiger partial charge in [0.2, 0.25) is 11.8 Å². The van der Waals surface area contributed by atoms with E-state index in [1.807, 2.05) is 24.3 Å². The van der Waals surface area contributed by atoms with Gasteiger partial charge in [0.05, 0.1) is 13.0 Å². The lowest BCUT2D eigenvalue weighted by Gasteiger charge is -1.98. The Balaban J connectivity index is 1.91. The molecule has 1 aromatic heterocycles. The van der Waals surface area contributed by atoms with Crippen molar-refractivity contribution in [2.24, 2.45) is 0 Å². The van der Waals surface area contributed by atoms with Crippen LogP contribution < -0.4 is 5.32 Å². The van der Waals surface area contributed by atoms with Gasteiger partial charge in [0.15, 0.2) is 0 Å². The van der Waals surface area contributed by atoms with Gasteiger partial charge >= 0.3 is 5.97 Å². The van der Waals surface area contributed by atoms with Gasteiger partial charge in [-0.15, -0.1) is 10.2 Å². The standard InChI is InChI=1S/C12H12BrN3O3/c13-9-3-1-8(2-4-9)12-16-15-10(19-12)7-14-6-5-11(17)18/h1-4,14H,5-7H2,(H,17,18). The number of halogens is 1. The number of benzene rings is 1. The zero-order chi connectivity index (χ0) is 13.7. The molecule has 0 saturated carbocycles. The van der Waals surface area contributed by atoms with Crippen LogP contribution in [0.3, 0.4) is 0 Å². The number of hydrogen-bond acceptors (Lipinski definition) is 5. The van der Waals surface area contributed by atoms with Crippen molar-refractivity contribution < 1.29 is 14.3 Å². The minimum atomic E-state index is -0.839. The SMILES string of the molecule is O=C(O)CCNCc1nnc(-c2ccc(Br)cc2)o1. The van der Waals surface area contributed by atoms with Crippen LogP contribution >= 0.6 is 15.9 Å². The maximum absolute atomic E-state index is 10.3. The molecular weight excluding hydrogens is 314 g/mol. The van der Waals surface area contributed by atoms with Gasteiger partial charge in [-0.1, -0.05) is 15.9 Å². The molecule has 19 heavy (non-hydrogen) atoms. The lowest BCUT2D eigenvalue weighted by Crippen LogP contribution is -2.17. The summed E-state index contributed by atoms with van der Waals surface area (Å²) in [6, 6.07) is 7.53. The summed E-state index contributed by atoms with van der Waals surface area (Å²) in [5.74, 6) is 0.0411. The van der Waals surface area contributed by atoms with E-state index in [-0.39, 0.29) is 6.42 Å². The number of carboxylic acids is 1. The fourth-order valence-electron chi connectivity index (χ4n) is 1.42. The van der Waals surface area contributed by atoms with E-state index in [0.29, 0.717) is 24.9 Å². The molecule has 7 heteroatoms. The minimum absolute atomic E-state index is 0.0632. The first-order chi connectivity index (χ1) is 9.15. The van der Waals surface area contributed by atoms with E-state index < -0.39 is 5.97 Å². The van der Waals surface area contributed by atoms with Crippen molar-refractivity contribution in [2.45, 2.75) is 13.0 Å². The van der Waals surface area contributed by atoms with E-state index in [1.165, 1.54) is 0 Å². The quantitative estimate of drug-likeness (QED) is 0.790. The Bertz CT molecular complexity index is 554. The predicted molar refractivity (Wildman–Crippen MR) is 71.4 cm³/mol. The molecule has 0 spiro atoms. The van der Waals surface area contributed by atoms with Crippen molar-refractivity contribution in [1.82, 2.24) is 15.5 Å². The van der Waals surface area contributed by atoms with Gasteiger partial charge in [-0.3, -0.25) is 4.79 Å². The molecule has 0 aliphatic heterocycles. The molecule has 0 fully saturated rings. The van der Waals surface area contributed by atoms with Crippen molar-refractivity contribution in [1.29, 1.82) is 0 Å². The summed E-state index contributed by atoms with van der Waals surface area (Å²) in [5, 5.41) is 19.2. The average molecular weight is 326 g/mol. The predicted octanol–water partition coefficient (Wildman–Crippen LogP) is 2.06. The molecule has 2 aromatic rings. The monoisotopic (exact) mass is 325 g/mol. The smallest absolute Gasteiger partial charge is 0.304 e. The van der Waals surface area contributed by atoms with E-state index in [0.717, 1.165) is 10.0 Å². The number of nitrogens with one attached hydrogen (secondary N) is 1. The molecule has 0 atom stereocenters. The molecule has 6 nitrogen and oxygen atoms in total. The first-order valence-corrected chi connectivity index (χ1v) is 6.45. The number of rotatable bonds is 6. The third-order valence-electron chi connectivity index (χ3n) is 2.35. The van der Waals surface area contributed by atoms with E-state index >= 15 is 0 Å². The lowest BCUT2D eigenvalue weighted by molar-refractivity contribution is -0.136. The van der Waals surface area contributed by atoms with Gasteiger partial charge in [0.25, 0.3) is 0 Å². The molecule has 0 bridgehead atoms. The molecule has 1 aromatic carbocycles. The van der Waals surface area contributed by atoms with Gasteiger partial charge < -0.3 is 14.8 Å². The second-order valence-corrected chi connectivity index (χ2v) is 4.74. The highest BCUT2D eigenvalue weighted by Gasteiger charge is 2.08. The van der Waals surface area contributed by atoms with Crippen LogP contribution in [-0.4, -0.2) is 27.8 Å². The van der Waals surface area contributed by atoms with Crippen molar-refractivity contribution in [2.75, 3.05) is 6.54 Å². The van der Waals surface area contributed by atoms with Gasteiger partial charge in [-0.25, -0.2) is 0 Å². The lowest BCUT2D eigenvalue weighted by atomic mass is 10.2. The number of carbonyl (C=O) groups is 1. The molecular formula is C12H12BrN3O3. The normalized spacial score (nSPS) is 10.6. The first-order valence-electron chi connectivity index (χ1n) is 5.66. The maximum atomic E-state index is 10.3. The average Bonchev–Trinajstić information content (AvgIpc) is 2.84. The minimum Gasteiger partial charge on any atom is -0.481 e. The van der Waals surface area contributed by atoms with Crippen molar-refractivity contribution in [3.63, 3.8) is 0 Å². The topological polar surface area (TPSA) is 88.2 Å². The molecule has 0 saturated heterocycles. The van der Waals surface area contributed by atoms with E-state index in [4.69, 9.17) is 9.52 Å². The molecule has 0 aliphatic carbocycles. The van der Waals surface area contributed by atoms with Gasteiger partial charge in [-0.2, -0.15) is 0 Å². The van der Waals surface area contributed by atoms with Crippen LogP contribution in [0.25, 0.3) is 11.5 Å². The summed E-state index contributed by atoms with van der Waals surface area (Å²) in [4.78, 5) is 10.3. The van der Waals surface area contributed by atoms with Crippen LogP contribution in [0.15, 0.2) is 33.2 Å². The first kappa shape index (κ1) is 13.7. The van der Waals surface area contributed by atoms with Crippen molar-refractivity contribution in [3.8, 4) is 11.5 Å². The van der Waals surface area contributed by atoms with E-state index in [1.54, 1.807) is 0 Å². The largest absolute Gasteiger partial charge is 0.481 e. The fourth-order valence-corrected chi connectivity index (χ4v) is 1.69. The highest BCUT2D eigenvalue weighted by molar-refractivity contribution is 9.10. The van der Waals surface area contributed by atoms with Crippen LogP contribution in [0, 0.1) is 0 Å². The zero-order valence-electron chi connectivity index (χ0n) is 9.97. The maximum Gasteiger partial charge on any atom is 0.304 e. The third kappa shape index (κ3) is 4.15. The van der Waals surface area contributed by atoms with E-state index in [9.17, 15) is 4.79 Å². The second-order valence-electron chi connectivity index (χ2n) is 3.83. The van der Waals surface area contributed by atoms with Crippen molar-refractivity contribution in [3.05, 3.63) is 34.6 Å². The van der Waals surface area contributed by atoms with Gasteiger partial charge in [0.1, 0.15) is 0 Å². The van der Waals surface area contributed by atoms with Gasteiger partial charge in [-0.05, 0) is 24.3 Å². The Morgan fingerprint density at radius 2 is 2.05 bits per heavy atom. The van der Waals surface area contributed by atoms with Crippen LogP contribution in [-0.2, 0) is 11.3 Å². The Morgan fingerprint density at radius 1 is 1.32 bits per heavy atom. The molecule has 2 N–H and O–H groups in total. The van der Waals surface area contributed by atoms with Gasteiger partial charge in [0, 0.05) is 16.6 Å². The number of hydrogen-bond donors (Lipinski definition) is 2. The number of aliphatic carboxylic acids is 1. The van der Waals surface area contributed by atoms with E-state index in [2.05, 4.69) is 31.4 Å². The summed E-state index contributed by atoms with van der Waals surface area (Å²) in [6.07, 6.45) is 0.0632. The Kier molecular flexibility index (Phi) is 4.64. The number of aromatic nitrogens is 2. The Labute approximate surface area is 118 Å². The second kappa shape index (κ2) is 6.44. The number of carboxylic acid groups (broad SMARTS) is 1. The van der Waals surface area contributed by atoms with Crippen LogP contribution in [0.1, 0.15) is 12.3 Å². The summed E-state index contributed by atoms with van der Waals surface area (Å²) in [7, 11) is 0. The molecule has 0 aliphatic rings. The Morgan fingerprint density at radius 3 is 2.74 bits per heavy atom. The van der Waals surface area contributed by atoms with Crippen LogP contribution in [0.4, 0.5) is 0 Å². The molecule has 0 amide bonds. The molecule has 1 heterocycles. The summed E-state index contributed by atoms with van der Waals surface area (Å²) in [6.45, 7) is 0.724. The fraction of sp³-hybridized carbons (Fsp3) is 0.250. The highest BCUT2D eigenvalue weighted by atomic mass is 79.9. The molecule has 0 unspecified atom stereocenters. The molecule has 100 valence electrons. The zero-order valence-corrected chi connectivity index (χ0v) is 11.6. The molecule has 2 rings (SSSR count). The van der Waals surface area contributed by atoms with Crippen LogP contribution in [0.5, 0.6) is 0 Å². The van der Waals surface area contributed by atoms with Crippen molar-refractivity contribution >= 4 is 21.9 Å². The van der Waals surface area contributed by atoms with Crippen LogP contribution in [0.2, 0.25) is 0 Å².